The van der Waals surface area contributed by atoms with E-state index in [4.69, 9.17) is 0 Å². The Balaban J connectivity index is 1.40. The van der Waals surface area contributed by atoms with Crippen molar-refractivity contribution in [3.8, 4) is 0 Å². The molecule has 0 spiro atoms. The van der Waals surface area contributed by atoms with Gasteiger partial charge in [0.2, 0.25) is 15.9 Å². The van der Waals surface area contributed by atoms with E-state index in [2.05, 4.69) is 12.1 Å². The second-order valence-electron chi connectivity index (χ2n) is 8.19. The molecule has 0 aromatic heterocycles. The van der Waals surface area contributed by atoms with Crippen molar-refractivity contribution in [3.05, 3.63) is 66.0 Å². The summed E-state index contributed by atoms with van der Waals surface area (Å²) in [5.74, 6) is -0.0446. The average molecular weight is 431 g/mol. The van der Waals surface area contributed by atoms with Crippen LogP contribution in [0.25, 0.3) is 0 Å². The molecule has 0 saturated carbocycles. The number of hydrogen-bond acceptors (Lipinski definition) is 3. The molecule has 0 radical (unpaired) electrons. The van der Waals surface area contributed by atoms with Crippen molar-refractivity contribution in [2.45, 2.75) is 43.0 Å². The number of carbonyl (C=O) groups excluding carboxylic acids is 1. The van der Waals surface area contributed by atoms with E-state index in [-0.39, 0.29) is 10.8 Å². The molecule has 5 nitrogen and oxygen atoms in total. The Morgan fingerprint density at radius 2 is 1.60 bits per heavy atom. The second-order valence-corrected chi connectivity index (χ2v) is 10.1. The molecule has 2 fully saturated rings. The lowest BCUT2D eigenvalue weighted by atomic mass is 9.90. The van der Waals surface area contributed by atoms with Gasteiger partial charge in [-0.1, -0.05) is 30.3 Å². The lowest BCUT2D eigenvalue weighted by molar-refractivity contribution is -0.136. The molecule has 4 rings (SSSR count). The van der Waals surface area contributed by atoms with Crippen molar-refractivity contribution in [3.63, 3.8) is 0 Å². The van der Waals surface area contributed by atoms with Gasteiger partial charge in [-0.05, 0) is 67.9 Å². The number of hydrogen-bond donors (Lipinski definition) is 0. The Morgan fingerprint density at radius 1 is 0.933 bits per heavy atom. The minimum atomic E-state index is -3.82. The van der Waals surface area contributed by atoms with Crippen LogP contribution in [0, 0.1) is 11.7 Å². The number of halogens is 1. The number of likely N-dealkylation sites (tertiary alicyclic amines) is 1. The van der Waals surface area contributed by atoms with Crippen LogP contribution in [-0.2, 0) is 21.2 Å². The highest BCUT2D eigenvalue weighted by Crippen LogP contribution is 2.29. The fourth-order valence-electron chi connectivity index (χ4n) is 4.53. The van der Waals surface area contributed by atoms with Crippen LogP contribution in [0.4, 0.5) is 4.39 Å². The molecule has 0 N–H and O–H groups in total. The first-order valence-corrected chi connectivity index (χ1v) is 12.0. The zero-order valence-electron chi connectivity index (χ0n) is 16.9. The molecule has 2 saturated heterocycles. The molecule has 1 atom stereocenters. The van der Waals surface area contributed by atoms with Crippen molar-refractivity contribution in [1.82, 2.24) is 9.21 Å². The van der Waals surface area contributed by atoms with E-state index in [1.165, 1.54) is 22.0 Å². The summed E-state index contributed by atoms with van der Waals surface area (Å²) < 4.78 is 40.6. The Kier molecular flexibility index (Phi) is 6.20. The largest absolute Gasteiger partial charge is 0.341 e. The molecule has 1 amide bonds. The van der Waals surface area contributed by atoms with Gasteiger partial charge in [0, 0.05) is 19.6 Å². The van der Waals surface area contributed by atoms with E-state index in [0.29, 0.717) is 38.4 Å². The normalized spacial score (nSPS) is 21.1. The van der Waals surface area contributed by atoms with Gasteiger partial charge in [-0.3, -0.25) is 4.79 Å². The van der Waals surface area contributed by atoms with Crippen molar-refractivity contribution < 1.29 is 17.6 Å². The van der Waals surface area contributed by atoms with Crippen LogP contribution in [0.3, 0.4) is 0 Å². The number of amides is 1. The molecular weight excluding hydrogens is 403 g/mol. The summed E-state index contributed by atoms with van der Waals surface area (Å²) in [4.78, 5) is 15.0. The van der Waals surface area contributed by atoms with Gasteiger partial charge in [-0.2, -0.15) is 4.31 Å². The molecule has 7 heteroatoms. The van der Waals surface area contributed by atoms with E-state index in [9.17, 15) is 17.6 Å². The Morgan fingerprint density at radius 3 is 2.27 bits per heavy atom. The summed E-state index contributed by atoms with van der Waals surface area (Å²) in [6, 6.07) is 14.5. The van der Waals surface area contributed by atoms with Gasteiger partial charge in [-0.25, -0.2) is 12.8 Å². The molecule has 2 heterocycles. The first kappa shape index (κ1) is 21.0. The maximum absolute atomic E-state index is 13.2. The van der Waals surface area contributed by atoms with Crippen LogP contribution in [0.2, 0.25) is 0 Å². The van der Waals surface area contributed by atoms with E-state index in [0.717, 1.165) is 31.4 Å². The van der Waals surface area contributed by atoms with Gasteiger partial charge >= 0.3 is 0 Å². The summed E-state index contributed by atoms with van der Waals surface area (Å²) in [7, 11) is -3.82. The summed E-state index contributed by atoms with van der Waals surface area (Å²) in [5, 5.41) is 0. The van der Waals surface area contributed by atoms with Gasteiger partial charge < -0.3 is 4.90 Å². The number of carbonyl (C=O) groups is 1. The van der Waals surface area contributed by atoms with Gasteiger partial charge in [0.15, 0.2) is 0 Å². The molecule has 0 aliphatic carbocycles. The zero-order valence-corrected chi connectivity index (χ0v) is 17.7. The van der Waals surface area contributed by atoms with Crippen LogP contribution in [0.5, 0.6) is 0 Å². The smallest absolute Gasteiger partial charge is 0.243 e. The molecule has 0 unspecified atom stereocenters. The third-order valence-electron chi connectivity index (χ3n) is 6.20. The molecule has 2 aliphatic rings. The molecule has 2 aromatic carbocycles. The second kappa shape index (κ2) is 8.86. The Hall–Kier alpha value is -2.25. The summed E-state index contributed by atoms with van der Waals surface area (Å²) in [6.07, 6.45) is 4.05. The first-order chi connectivity index (χ1) is 14.4. The number of benzene rings is 2. The molecule has 2 aromatic rings. The molecule has 30 heavy (non-hydrogen) atoms. The third kappa shape index (κ3) is 4.42. The Labute approximate surface area is 177 Å². The van der Waals surface area contributed by atoms with E-state index in [1.807, 2.05) is 23.1 Å². The lowest BCUT2D eigenvalue weighted by Gasteiger charge is -2.35. The van der Waals surface area contributed by atoms with E-state index >= 15 is 0 Å². The average Bonchev–Trinajstić information content (AvgIpc) is 3.26. The van der Waals surface area contributed by atoms with E-state index in [1.54, 1.807) is 0 Å². The number of rotatable bonds is 5. The van der Waals surface area contributed by atoms with Gasteiger partial charge in [0.05, 0.1) is 4.90 Å². The highest BCUT2D eigenvalue weighted by atomic mass is 32.2. The third-order valence-corrected chi connectivity index (χ3v) is 8.12. The predicted molar refractivity (Wildman–Crippen MR) is 113 cm³/mol. The Bertz CT molecular complexity index is 971. The SMILES string of the molecule is O=C([C@@H]1CCCN1S(=O)(=O)c1ccc(F)cc1)N1CCC(Cc2ccccc2)CC1. The fraction of sp³-hybridized carbons (Fsp3) is 0.435. The summed E-state index contributed by atoms with van der Waals surface area (Å²) >= 11 is 0. The van der Waals surface area contributed by atoms with E-state index < -0.39 is 21.9 Å². The number of piperidine rings is 1. The van der Waals surface area contributed by atoms with Crippen LogP contribution in [-0.4, -0.2) is 49.2 Å². The topological polar surface area (TPSA) is 57.7 Å². The molecule has 2 aliphatic heterocycles. The molecule has 160 valence electrons. The maximum atomic E-state index is 13.2. The van der Waals surface area contributed by atoms with Crippen LogP contribution in [0.15, 0.2) is 59.5 Å². The molecule has 0 bridgehead atoms. The summed E-state index contributed by atoms with van der Waals surface area (Å²) in [6.45, 7) is 1.65. The van der Waals surface area contributed by atoms with Gasteiger partial charge in [-0.15, -0.1) is 0 Å². The zero-order chi connectivity index (χ0) is 21.1. The highest BCUT2D eigenvalue weighted by molar-refractivity contribution is 7.89. The lowest BCUT2D eigenvalue weighted by Crippen LogP contribution is -2.50. The molecular formula is C23H27FN2O3S. The van der Waals surface area contributed by atoms with Crippen molar-refractivity contribution in [2.75, 3.05) is 19.6 Å². The minimum absolute atomic E-state index is 0.0326. The van der Waals surface area contributed by atoms with Crippen molar-refractivity contribution in [2.24, 2.45) is 5.92 Å². The van der Waals surface area contributed by atoms with Crippen LogP contribution in [0.1, 0.15) is 31.2 Å². The monoisotopic (exact) mass is 430 g/mol. The predicted octanol–water partition coefficient (Wildman–Crippen LogP) is 3.46. The minimum Gasteiger partial charge on any atom is -0.341 e. The highest BCUT2D eigenvalue weighted by Gasteiger charge is 2.41. The quantitative estimate of drug-likeness (QED) is 0.730. The van der Waals surface area contributed by atoms with Gasteiger partial charge in [0.25, 0.3) is 0 Å². The van der Waals surface area contributed by atoms with Crippen molar-refractivity contribution in [1.29, 1.82) is 0 Å². The fourth-order valence-corrected chi connectivity index (χ4v) is 6.18. The van der Waals surface area contributed by atoms with Crippen LogP contribution >= 0.6 is 0 Å². The maximum Gasteiger partial charge on any atom is 0.243 e. The van der Waals surface area contributed by atoms with Crippen molar-refractivity contribution >= 4 is 15.9 Å². The first-order valence-electron chi connectivity index (χ1n) is 10.6. The summed E-state index contributed by atoms with van der Waals surface area (Å²) in [5.41, 5.74) is 1.31. The number of sulfonamides is 1. The number of nitrogens with zero attached hydrogens (tertiary/aromatic N) is 2. The standard InChI is InChI=1S/C23H27FN2O3S/c24-20-8-10-21(11-9-20)30(28,29)26-14-4-7-22(26)23(27)25-15-12-19(13-16-25)17-18-5-2-1-3-6-18/h1-3,5-6,8-11,19,22H,4,7,12-17H2/t22-/m0/s1. The van der Waals surface area contributed by atoms with Crippen LogP contribution < -0.4 is 0 Å². The van der Waals surface area contributed by atoms with Gasteiger partial charge in [0.1, 0.15) is 11.9 Å².